The van der Waals surface area contributed by atoms with E-state index in [1.54, 1.807) is 12.1 Å². The standard InChI is InChI=1S/C20H20F4N4O3S/c1-11(27-29)8-16(20(22,23)24)28(3)18-15(21)9-14(12(2)26-18)13-6-5-7-25-19(13)31-10-17(32)30-4/h5-9,27,29H,1,10H2,2-4H3/b16-8-. The van der Waals surface area contributed by atoms with Crippen molar-refractivity contribution in [3.05, 3.63) is 60.0 Å². The Hall–Kier alpha value is -3.25. The van der Waals surface area contributed by atoms with Gasteiger partial charge in [0, 0.05) is 30.1 Å². The first-order valence-electron chi connectivity index (χ1n) is 8.93. The number of hydrogen-bond donors (Lipinski definition) is 2. The molecule has 2 N–H and O–H groups in total. The molecule has 0 aliphatic heterocycles. The van der Waals surface area contributed by atoms with E-state index in [4.69, 9.17) is 26.9 Å². The Balaban J connectivity index is 2.51. The van der Waals surface area contributed by atoms with Gasteiger partial charge in [0.15, 0.2) is 23.3 Å². The molecule has 0 aromatic carbocycles. The molecule has 0 atom stereocenters. The Morgan fingerprint density at radius 3 is 2.66 bits per heavy atom. The molecule has 32 heavy (non-hydrogen) atoms. The number of halogens is 4. The van der Waals surface area contributed by atoms with Gasteiger partial charge in [-0.15, -0.1) is 0 Å². The minimum absolute atomic E-state index is 0.0753. The summed E-state index contributed by atoms with van der Waals surface area (Å²) in [7, 11) is 2.39. The molecule has 0 bridgehead atoms. The molecule has 2 rings (SSSR count). The third-order valence-corrected chi connectivity index (χ3v) is 4.47. The number of nitrogens with zero attached hydrogens (tertiary/aromatic N) is 3. The second-order valence-corrected chi connectivity index (χ2v) is 6.83. The maximum Gasteiger partial charge on any atom is 0.431 e. The monoisotopic (exact) mass is 472 g/mol. The van der Waals surface area contributed by atoms with Gasteiger partial charge in [0.1, 0.15) is 5.70 Å². The predicted octanol–water partition coefficient (Wildman–Crippen LogP) is 4.32. The second-order valence-electron chi connectivity index (χ2n) is 6.37. The molecule has 2 aromatic heterocycles. The number of alkyl halides is 3. The van der Waals surface area contributed by atoms with Gasteiger partial charge in [-0.25, -0.2) is 14.4 Å². The van der Waals surface area contributed by atoms with E-state index in [1.165, 1.54) is 25.7 Å². The van der Waals surface area contributed by atoms with Gasteiger partial charge >= 0.3 is 6.18 Å². The molecule has 2 heterocycles. The van der Waals surface area contributed by atoms with Gasteiger partial charge in [-0.05, 0) is 43.4 Å². The Morgan fingerprint density at radius 1 is 1.38 bits per heavy atom. The van der Waals surface area contributed by atoms with Crippen molar-refractivity contribution in [1.29, 1.82) is 0 Å². The highest BCUT2D eigenvalue weighted by Gasteiger charge is 2.38. The Kier molecular flexibility index (Phi) is 8.11. The zero-order valence-corrected chi connectivity index (χ0v) is 18.1. The number of hydroxylamine groups is 1. The molecule has 0 spiro atoms. The summed E-state index contributed by atoms with van der Waals surface area (Å²) in [5, 5.41) is 8.95. The van der Waals surface area contributed by atoms with Gasteiger partial charge in [0.25, 0.3) is 0 Å². The van der Waals surface area contributed by atoms with Gasteiger partial charge in [-0.3, -0.25) is 10.7 Å². The quantitative estimate of drug-likeness (QED) is 0.255. The minimum Gasteiger partial charge on any atom is -0.487 e. The van der Waals surface area contributed by atoms with Crippen LogP contribution in [0, 0.1) is 12.7 Å². The molecular formula is C20H20F4N4O3S. The first-order valence-corrected chi connectivity index (χ1v) is 9.34. The van der Waals surface area contributed by atoms with E-state index in [-0.39, 0.29) is 28.8 Å². The average Bonchev–Trinajstić information content (AvgIpc) is 2.75. The molecule has 0 saturated carbocycles. The highest BCUT2D eigenvalue weighted by atomic mass is 32.1. The molecule has 0 radical (unpaired) electrons. The lowest BCUT2D eigenvalue weighted by Crippen LogP contribution is -2.30. The highest BCUT2D eigenvalue weighted by Crippen LogP contribution is 2.36. The number of aromatic nitrogens is 2. The molecule has 2 aromatic rings. The summed E-state index contributed by atoms with van der Waals surface area (Å²) >= 11 is 4.92. The third kappa shape index (κ3) is 5.92. The number of anilines is 1. The second kappa shape index (κ2) is 10.4. The number of nitrogens with one attached hydrogen (secondary N) is 1. The molecular weight excluding hydrogens is 452 g/mol. The van der Waals surface area contributed by atoms with Gasteiger partial charge < -0.3 is 14.4 Å². The summed E-state index contributed by atoms with van der Waals surface area (Å²) in [6.45, 7) is 4.66. The maximum atomic E-state index is 14.9. The third-order valence-electron chi connectivity index (χ3n) is 4.19. The lowest BCUT2D eigenvalue weighted by atomic mass is 10.1. The van der Waals surface area contributed by atoms with Crippen molar-refractivity contribution in [2.45, 2.75) is 13.1 Å². The zero-order chi connectivity index (χ0) is 24.1. The topological polar surface area (TPSA) is 79.7 Å². The summed E-state index contributed by atoms with van der Waals surface area (Å²) in [6.07, 6.45) is -2.89. The minimum atomic E-state index is -4.88. The largest absolute Gasteiger partial charge is 0.487 e. The van der Waals surface area contributed by atoms with Crippen LogP contribution in [0.2, 0.25) is 0 Å². The van der Waals surface area contributed by atoms with Crippen LogP contribution in [-0.2, 0) is 4.74 Å². The summed E-state index contributed by atoms with van der Waals surface area (Å²) < 4.78 is 65.8. The van der Waals surface area contributed by atoms with Crippen molar-refractivity contribution >= 4 is 23.1 Å². The van der Waals surface area contributed by atoms with Crippen molar-refractivity contribution in [3.8, 4) is 17.0 Å². The summed E-state index contributed by atoms with van der Waals surface area (Å²) in [6, 6.07) is 4.23. The molecule has 0 aliphatic carbocycles. The van der Waals surface area contributed by atoms with Crippen molar-refractivity contribution in [2.24, 2.45) is 0 Å². The lowest BCUT2D eigenvalue weighted by molar-refractivity contribution is -0.0931. The van der Waals surface area contributed by atoms with Crippen molar-refractivity contribution in [2.75, 3.05) is 25.7 Å². The number of ether oxygens (including phenoxy) is 2. The average molecular weight is 472 g/mol. The van der Waals surface area contributed by atoms with Gasteiger partial charge in [-0.2, -0.15) is 13.2 Å². The van der Waals surface area contributed by atoms with Crippen LogP contribution in [0.1, 0.15) is 5.69 Å². The fourth-order valence-corrected chi connectivity index (χ4v) is 2.71. The van der Waals surface area contributed by atoms with E-state index in [9.17, 15) is 17.6 Å². The Labute approximate surface area is 187 Å². The highest BCUT2D eigenvalue weighted by molar-refractivity contribution is 7.80. The number of hydrogen-bond acceptors (Lipinski definition) is 8. The van der Waals surface area contributed by atoms with Crippen molar-refractivity contribution in [3.63, 3.8) is 0 Å². The Bertz CT molecular complexity index is 1040. The van der Waals surface area contributed by atoms with Crippen LogP contribution in [0.5, 0.6) is 5.88 Å². The van der Waals surface area contributed by atoms with Gasteiger partial charge in [-0.1, -0.05) is 6.58 Å². The van der Waals surface area contributed by atoms with Crippen molar-refractivity contribution in [1.82, 2.24) is 15.4 Å². The molecule has 12 heteroatoms. The van der Waals surface area contributed by atoms with Crippen LogP contribution in [-0.4, -0.2) is 47.2 Å². The fourth-order valence-electron chi connectivity index (χ4n) is 2.65. The van der Waals surface area contributed by atoms with Crippen LogP contribution in [0.4, 0.5) is 23.4 Å². The molecule has 0 fully saturated rings. The van der Waals surface area contributed by atoms with Crippen LogP contribution >= 0.6 is 12.2 Å². The smallest absolute Gasteiger partial charge is 0.431 e. The van der Waals surface area contributed by atoms with Gasteiger partial charge in [0.2, 0.25) is 5.88 Å². The maximum absolute atomic E-state index is 14.9. The molecule has 0 unspecified atom stereocenters. The number of pyridine rings is 2. The predicted molar refractivity (Wildman–Crippen MR) is 114 cm³/mol. The molecule has 0 amide bonds. The number of rotatable bonds is 8. The fraction of sp³-hybridized carbons (Fsp3) is 0.250. The molecule has 7 nitrogen and oxygen atoms in total. The van der Waals surface area contributed by atoms with E-state index in [0.717, 1.165) is 13.1 Å². The molecule has 0 aliphatic rings. The first-order chi connectivity index (χ1) is 15.0. The van der Waals surface area contributed by atoms with E-state index in [2.05, 4.69) is 16.5 Å². The van der Waals surface area contributed by atoms with Crippen LogP contribution in [0.25, 0.3) is 11.1 Å². The van der Waals surface area contributed by atoms with Crippen LogP contribution < -0.4 is 15.1 Å². The van der Waals surface area contributed by atoms with Crippen LogP contribution in [0.15, 0.2) is 48.4 Å². The normalized spacial score (nSPS) is 11.7. The lowest BCUT2D eigenvalue weighted by Gasteiger charge is -2.25. The number of allylic oxidation sites excluding steroid dienone is 2. The van der Waals surface area contributed by atoms with Crippen molar-refractivity contribution < 1.29 is 32.2 Å². The zero-order valence-electron chi connectivity index (χ0n) is 17.3. The first kappa shape index (κ1) is 25.0. The number of methoxy groups -OCH3 is 1. The van der Waals surface area contributed by atoms with E-state index in [0.29, 0.717) is 16.5 Å². The molecule has 0 saturated heterocycles. The molecule has 172 valence electrons. The summed E-state index contributed by atoms with van der Waals surface area (Å²) in [5.41, 5.74) is 0.640. The number of aryl methyl sites for hydroxylation is 1. The summed E-state index contributed by atoms with van der Waals surface area (Å²) in [4.78, 5) is 8.65. The van der Waals surface area contributed by atoms with Gasteiger partial charge in [0.05, 0.1) is 12.8 Å². The SMILES string of the molecule is C=C(/C=C(\N(C)c1nc(C)c(-c2cccnc2OCC(=S)OC)cc1F)C(F)(F)F)NO. The van der Waals surface area contributed by atoms with Crippen LogP contribution in [0.3, 0.4) is 0 Å². The Morgan fingerprint density at radius 2 is 2.06 bits per heavy atom. The van der Waals surface area contributed by atoms with E-state index in [1.807, 2.05) is 0 Å². The number of thiocarbonyl (C=S) groups is 1. The van der Waals surface area contributed by atoms with E-state index < -0.39 is 29.2 Å². The summed E-state index contributed by atoms with van der Waals surface area (Å²) in [5.74, 6) is -1.47. The van der Waals surface area contributed by atoms with E-state index >= 15 is 0 Å².